The van der Waals surface area contributed by atoms with E-state index in [9.17, 15) is 9.59 Å². The maximum atomic E-state index is 12.1. The number of rotatable bonds is 3. The second-order valence-corrected chi connectivity index (χ2v) is 6.50. The Morgan fingerprint density at radius 2 is 2.14 bits per heavy atom. The molecule has 1 aliphatic carbocycles. The van der Waals surface area contributed by atoms with Crippen LogP contribution < -0.4 is 5.32 Å². The van der Waals surface area contributed by atoms with Gasteiger partial charge in [0.1, 0.15) is 12.3 Å². The Morgan fingerprint density at radius 3 is 2.76 bits per heavy atom. The first-order valence-electron chi connectivity index (χ1n) is 7.15. The Morgan fingerprint density at radius 1 is 1.43 bits per heavy atom. The molecule has 0 bridgehead atoms. The Labute approximate surface area is 124 Å². The van der Waals surface area contributed by atoms with Crippen LogP contribution in [0.5, 0.6) is 0 Å². The van der Waals surface area contributed by atoms with E-state index in [1.54, 1.807) is 0 Å². The summed E-state index contributed by atoms with van der Waals surface area (Å²) in [6.45, 7) is 6.44. The highest BCUT2D eigenvalue weighted by Crippen LogP contribution is 2.38. The number of carbonyl (C=O) groups excluding carboxylic acids is 2. The van der Waals surface area contributed by atoms with Crippen LogP contribution in [0.25, 0.3) is 0 Å². The number of hydrogen-bond donors (Lipinski definition) is 1. The summed E-state index contributed by atoms with van der Waals surface area (Å²) in [4.78, 5) is 23.2. The highest BCUT2D eigenvalue weighted by Gasteiger charge is 2.34. The molecule has 0 radical (unpaired) electrons. The van der Waals surface area contributed by atoms with Gasteiger partial charge in [-0.15, -0.1) is 0 Å². The molecule has 0 aromatic carbocycles. The molecule has 1 atom stereocenters. The van der Waals surface area contributed by atoms with E-state index in [1.165, 1.54) is 7.11 Å². The standard InChI is InChI=1S/C15H22N2O4/c1-15(2,3)9-5-6-11-10(7-9)13(17-21-11)14(19)16-8-12(18)20-4/h9H,5-8H2,1-4H3,(H,16,19). The minimum Gasteiger partial charge on any atom is -0.468 e. The monoisotopic (exact) mass is 294 g/mol. The lowest BCUT2D eigenvalue weighted by atomic mass is 9.71. The molecule has 1 aromatic heterocycles. The van der Waals surface area contributed by atoms with Crippen molar-refractivity contribution in [2.75, 3.05) is 13.7 Å². The summed E-state index contributed by atoms with van der Waals surface area (Å²) in [5.74, 6) is 0.392. The van der Waals surface area contributed by atoms with Crippen molar-refractivity contribution in [2.45, 2.75) is 40.0 Å². The van der Waals surface area contributed by atoms with E-state index < -0.39 is 5.97 Å². The third kappa shape index (κ3) is 3.43. The van der Waals surface area contributed by atoms with E-state index in [0.717, 1.165) is 30.6 Å². The lowest BCUT2D eigenvalue weighted by Crippen LogP contribution is -2.32. The Bertz CT molecular complexity index is 542. The first-order valence-corrected chi connectivity index (χ1v) is 7.15. The molecule has 0 saturated carbocycles. The molecule has 1 amide bonds. The average molecular weight is 294 g/mol. The number of aromatic nitrogens is 1. The lowest BCUT2D eigenvalue weighted by molar-refractivity contribution is -0.139. The first-order chi connectivity index (χ1) is 9.82. The fraction of sp³-hybridized carbons (Fsp3) is 0.667. The third-order valence-corrected chi connectivity index (χ3v) is 4.10. The molecule has 6 nitrogen and oxygen atoms in total. The highest BCUT2D eigenvalue weighted by molar-refractivity contribution is 5.95. The highest BCUT2D eigenvalue weighted by atomic mass is 16.5. The molecule has 1 aliphatic rings. The van der Waals surface area contributed by atoms with Crippen LogP contribution in [0, 0.1) is 11.3 Å². The third-order valence-electron chi connectivity index (χ3n) is 4.10. The van der Waals surface area contributed by atoms with Crippen molar-refractivity contribution in [1.82, 2.24) is 10.5 Å². The Balaban J connectivity index is 2.12. The van der Waals surface area contributed by atoms with E-state index in [4.69, 9.17) is 4.52 Å². The van der Waals surface area contributed by atoms with Gasteiger partial charge >= 0.3 is 5.97 Å². The van der Waals surface area contributed by atoms with E-state index >= 15 is 0 Å². The van der Waals surface area contributed by atoms with Gasteiger partial charge in [-0.25, -0.2) is 0 Å². The van der Waals surface area contributed by atoms with Crippen molar-refractivity contribution in [3.63, 3.8) is 0 Å². The molecule has 116 valence electrons. The Kier molecular flexibility index (Phi) is 4.34. The summed E-state index contributed by atoms with van der Waals surface area (Å²) in [7, 11) is 1.28. The second-order valence-electron chi connectivity index (χ2n) is 6.50. The summed E-state index contributed by atoms with van der Waals surface area (Å²) < 4.78 is 9.77. The largest absolute Gasteiger partial charge is 0.468 e. The second kappa shape index (κ2) is 5.87. The van der Waals surface area contributed by atoms with Gasteiger partial charge < -0.3 is 14.6 Å². The van der Waals surface area contributed by atoms with Gasteiger partial charge in [0.25, 0.3) is 5.91 Å². The van der Waals surface area contributed by atoms with Gasteiger partial charge in [0.05, 0.1) is 7.11 Å². The quantitative estimate of drug-likeness (QED) is 0.859. The zero-order chi connectivity index (χ0) is 15.6. The number of carbonyl (C=O) groups is 2. The molecular weight excluding hydrogens is 272 g/mol. The van der Waals surface area contributed by atoms with Crippen molar-refractivity contribution in [3.8, 4) is 0 Å². The smallest absolute Gasteiger partial charge is 0.325 e. The summed E-state index contributed by atoms with van der Waals surface area (Å²) in [5.41, 5.74) is 1.35. The molecule has 0 spiro atoms. The van der Waals surface area contributed by atoms with Crippen LogP contribution in [0.1, 0.15) is 49.0 Å². The van der Waals surface area contributed by atoms with Crippen molar-refractivity contribution >= 4 is 11.9 Å². The van der Waals surface area contributed by atoms with Gasteiger partial charge in [-0.05, 0) is 24.2 Å². The van der Waals surface area contributed by atoms with Gasteiger partial charge in [0.2, 0.25) is 0 Å². The molecule has 21 heavy (non-hydrogen) atoms. The molecular formula is C15H22N2O4. The summed E-state index contributed by atoms with van der Waals surface area (Å²) in [6.07, 6.45) is 2.62. The van der Waals surface area contributed by atoms with Crippen molar-refractivity contribution < 1.29 is 18.8 Å². The first kappa shape index (κ1) is 15.5. The van der Waals surface area contributed by atoms with Crippen molar-refractivity contribution in [3.05, 3.63) is 17.0 Å². The molecule has 0 saturated heterocycles. The molecule has 1 aromatic rings. The number of methoxy groups -OCH3 is 1. The maximum absolute atomic E-state index is 12.1. The molecule has 6 heteroatoms. The summed E-state index contributed by atoms with van der Waals surface area (Å²) >= 11 is 0. The Hall–Kier alpha value is -1.85. The van der Waals surface area contributed by atoms with Gasteiger partial charge in [0.15, 0.2) is 5.69 Å². The lowest BCUT2D eigenvalue weighted by Gasteiger charge is -2.33. The van der Waals surface area contributed by atoms with E-state index in [2.05, 4.69) is 36.0 Å². The number of fused-ring (bicyclic) bond motifs is 1. The number of ether oxygens (including phenoxy) is 1. The molecule has 1 N–H and O–H groups in total. The van der Waals surface area contributed by atoms with Crippen molar-refractivity contribution in [1.29, 1.82) is 0 Å². The maximum Gasteiger partial charge on any atom is 0.325 e. The van der Waals surface area contributed by atoms with Gasteiger partial charge in [-0.1, -0.05) is 25.9 Å². The van der Waals surface area contributed by atoms with Crippen LogP contribution in [-0.2, 0) is 22.4 Å². The van der Waals surface area contributed by atoms with Crippen LogP contribution in [0.4, 0.5) is 0 Å². The SMILES string of the molecule is COC(=O)CNC(=O)c1noc2c1CC(C(C)(C)C)CC2. The van der Waals surface area contributed by atoms with Gasteiger partial charge in [-0.2, -0.15) is 0 Å². The number of hydrogen-bond acceptors (Lipinski definition) is 5. The predicted octanol–water partition coefficient (Wildman–Crippen LogP) is 1.73. The number of nitrogens with one attached hydrogen (secondary N) is 1. The molecule has 1 unspecified atom stereocenters. The zero-order valence-electron chi connectivity index (χ0n) is 13.0. The fourth-order valence-electron chi connectivity index (χ4n) is 2.63. The number of amides is 1. The van der Waals surface area contributed by atoms with Crippen LogP contribution in [-0.4, -0.2) is 30.7 Å². The number of aryl methyl sites for hydroxylation is 1. The van der Waals surface area contributed by atoms with Crippen LogP contribution in [0.3, 0.4) is 0 Å². The molecule has 0 aliphatic heterocycles. The topological polar surface area (TPSA) is 81.4 Å². The van der Waals surface area contributed by atoms with E-state index in [0.29, 0.717) is 11.6 Å². The molecule has 2 rings (SSSR count). The molecule has 0 fully saturated rings. The minimum atomic E-state index is -0.492. The van der Waals surface area contributed by atoms with E-state index in [1.807, 2.05) is 0 Å². The normalized spacial score (nSPS) is 18.0. The van der Waals surface area contributed by atoms with Crippen LogP contribution in [0.2, 0.25) is 0 Å². The average Bonchev–Trinajstić information content (AvgIpc) is 2.86. The zero-order valence-corrected chi connectivity index (χ0v) is 13.0. The van der Waals surface area contributed by atoms with Crippen molar-refractivity contribution in [2.24, 2.45) is 11.3 Å². The minimum absolute atomic E-state index is 0.167. The number of esters is 1. The van der Waals surface area contributed by atoms with Gasteiger partial charge in [0, 0.05) is 12.0 Å². The number of nitrogens with zero attached hydrogens (tertiary/aromatic N) is 1. The van der Waals surface area contributed by atoms with Gasteiger partial charge in [-0.3, -0.25) is 9.59 Å². The summed E-state index contributed by atoms with van der Waals surface area (Å²) in [6, 6.07) is 0. The van der Waals surface area contributed by atoms with Crippen LogP contribution in [0.15, 0.2) is 4.52 Å². The van der Waals surface area contributed by atoms with E-state index in [-0.39, 0.29) is 17.9 Å². The predicted molar refractivity (Wildman–Crippen MR) is 75.8 cm³/mol. The molecule has 1 heterocycles. The van der Waals surface area contributed by atoms with Crippen LogP contribution >= 0.6 is 0 Å². The summed E-state index contributed by atoms with van der Waals surface area (Å²) in [5, 5.41) is 6.38. The fourth-order valence-corrected chi connectivity index (χ4v) is 2.63.